The molecule has 0 atom stereocenters. The molecule has 2 rings (SSSR count). The van der Waals surface area contributed by atoms with Gasteiger partial charge in [-0.25, -0.2) is 0 Å². The topological polar surface area (TPSA) is 72.0 Å². The SMILES string of the molecule is CCc1noc(-c2cncc(O)c2)n1. The second-order valence-electron chi connectivity index (χ2n) is 2.80. The normalized spacial score (nSPS) is 10.4. The molecule has 0 radical (unpaired) electrons. The van der Waals surface area contributed by atoms with Gasteiger partial charge in [0.15, 0.2) is 5.82 Å². The summed E-state index contributed by atoms with van der Waals surface area (Å²) in [5.74, 6) is 1.10. The van der Waals surface area contributed by atoms with Gasteiger partial charge < -0.3 is 9.63 Å². The van der Waals surface area contributed by atoms with Crippen molar-refractivity contribution in [3.63, 3.8) is 0 Å². The van der Waals surface area contributed by atoms with E-state index in [9.17, 15) is 5.11 Å². The third kappa shape index (κ3) is 1.56. The fourth-order valence-corrected chi connectivity index (χ4v) is 1.06. The predicted molar refractivity (Wildman–Crippen MR) is 48.6 cm³/mol. The number of pyridine rings is 1. The Morgan fingerprint density at radius 2 is 2.29 bits per heavy atom. The molecule has 0 amide bonds. The molecule has 0 unspecified atom stereocenters. The second kappa shape index (κ2) is 3.45. The molecule has 0 saturated heterocycles. The fourth-order valence-electron chi connectivity index (χ4n) is 1.06. The van der Waals surface area contributed by atoms with Crippen molar-refractivity contribution in [2.45, 2.75) is 13.3 Å². The lowest BCUT2D eigenvalue weighted by atomic mass is 10.3. The largest absolute Gasteiger partial charge is 0.506 e. The highest BCUT2D eigenvalue weighted by Crippen LogP contribution is 2.19. The van der Waals surface area contributed by atoms with Gasteiger partial charge in [0.2, 0.25) is 0 Å². The number of hydrogen-bond acceptors (Lipinski definition) is 5. The van der Waals surface area contributed by atoms with Gasteiger partial charge in [-0.05, 0) is 6.07 Å². The summed E-state index contributed by atoms with van der Waals surface area (Å²) in [5.41, 5.74) is 0.622. The number of hydrogen-bond donors (Lipinski definition) is 1. The van der Waals surface area contributed by atoms with Crippen molar-refractivity contribution >= 4 is 0 Å². The van der Waals surface area contributed by atoms with Crippen LogP contribution in [0.4, 0.5) is 0 Å². The maximum Gasteiger partial charge on any atom is 0.259 e. The molecule has 72 valence electrons. The lowest BCUT2D eigenvalue weighted by molar-refractivity contribution is 0.422. The van der Waals surface area contributed by atoms with Crippen LogP contribution < -0.4 is 0 Å². The van der Waals surface area contributed by atoms with Crippen LogP contribution in [0.2, 0.25) is 0 Å². The molecule has 5 heteroatoms. The predicted octanol–water partition coefficient (Wildman–Crippen LogP) is 1.40. The first-order valence-corrected chi connectivity index (χ1v) is 4.26. The van der Waals surface area contributed by atoms with Crippen molar-refractivity contribution in [1.29, 1.82) is 0 Å². The van der Waals surface area contributed by atoms with Gasteiger partial charge in [-0.1, -0.05) is 12.1 Å². The van der Waals surface area contributed by atoms with E-state index in [1.54, 1.807) is 6.20 Å². The van der Waals surface area contributed by atoms with Crippen LogP contribution in [0.25, 0.3) is 11.5 Å². The summed E-state index contributed by atoms with van der Waals surface area (Å²) in [6.07, 6.45) is 3.63. The minimum absolute atomic E-state index is 0.0822. The molecule has 5 nitrogen and oxygen atoms in total. The van der Waals surface area contributed by atoms with Crippen LogP contribution in [0.15, 0.2) is 23.0 Å². The number of aryl methyl sites for hydroxylation is 1. The van der Waals surface area contributed by atoms with Crippen molar-refractivity contribution in [3.8, 4) is 17.2 Å². The summed E-state index contributed by atoms with van der Waals surface area (Å²) in [7, 11) is 0. The highest BCUT2D eigenvalue weighted by Gasteiger charge is 2.07. The zero-order valence-electron chi connectivity index (χ0n) is 7.64. The van der Waals surface area contributed by atoms with E-state index in [4.69, 9.17) is 4.52 Å². The molecule has 2 heterocycles. The second-order valence-corrected chi connectivity index (χ2v) is 2.80. The van der Waals surface area contributed by atoms with E-state index in [-0.39, 0.29) is 5.75 Å². The van der Waals surface area contributed by atoms with Gasteiger partial charge in [0.25, 0.3) is 5.89 Å². The average Bonchev–Trinajstić information content (AvgIpc) is 2.66. The molecule has 1 N–H and O–H groups in total. The molecule has 0 spiro atoms. The zero-order chi connectivity index (χ0) is 9.97. The Morgan fingerprint density at radius 3 is 2.93 bits per heavy atom. The van der Waals surface area contributed by atoms with Gasteiger partial charge in [0.1, 0.15) is 5.75 Å². The van der Waals surface area contributed by atoms with E-state index < -0.39 is 0 Å². The molecule has 0 aliphatic heterocycles. The van der Waals surface area contributed by atoms with E-state index in [0.29, 0.717) is 17.3 Å². The van der Waals surface area contributed by atoms with Crippen molar-refractivity contribution < 1.29 is 9.63 Å². The minimum Gasteiger partial charge on any atom is -0.506 e. The standard InChI is InChI=1S/C9H9N3O2/c1-2-8-11-9(14-12-8)6-3-7(13)5-10-4-6/h3-5,13H,2H2,1H3. The summed E-state index contributed by atoms with van der Waals surface area (Å²) in [6, 6.07) is 1.53. The molecule has 0 bridgehead atoms. The van der Waals surface area contributed by atoms with Gasteiger partial charge in [-0.3, -0.25) is 4.98 Å². The Bertz CT molecular complexity index is 439. The van der Waals surface area contributed by atoms with E-state index in [1.807, 2.05) is 6.92 Å². The molecule has 0 fully saturated rings. The first-order valence-electron chi connectivity index (χ1n) is 4.26. The van der Waals surface area contributed by atoms with Crippen molar-refractivity contribution in [1.82, 2.24) is 15.1 Å². The van der Waals surface area contributed by atoms with Gasteiger partial charge in [0.05, 0.1) is 11.8 Å². The lowest BCUT2D eigenvalue weighted by Gasteiger charge is -1.93. The van der Waals surface area contributed by atoms with Crippen LogP contribution in [0.3, 0.4) is 0 Å². The smallest absolute Gasteiger partial charge is 0.259 e. The number of nitrogens with zero attached hydrogens (tertiary/aromatic N) is 3. The Morgan fingerprint density at radius 1 is 1.43 bits per heavy atom. The van der Waals surface area contributed by atoms with Crippen LogP contribution in [0, 0.1) is 0 Å². The Kier molecular flexibility index (Phi) is 2.14. The van der Waals surface area contributed by atoms with Crippen molar-refractivity contribution in [2.24, 2.45) is 0 Å². The van der Waals surface area contributed by atoms with E-state index in [0.717, 1.165) is 6.42 Å². The summed E-state index contributed by atoms with van der Waals surface area (Å²) in [6.45, 7) is 1.94. The minimum atomic E-state index is 0.0822. The zero-order valence-corrected chi connectivity index (χ0v) is 7.64. The molecular weight excluding hydrogens is 182 g/mol. The van der Waals surface area contributed by atoms with Crippen LogP contribution in [-0.4, -0.2) is 20.2 Å². The van der Waals surface area contributed by atoms with Crippen LogP contribution in [0.5, 0.6) is 5.75 Å². The molecule has 0 aromatic carbocycles. The maximum absolute atomic E-state index is 9.19. The monoisotopic (exact) mass is 191 g/mol. The molecule has 2 aromatic heterocycles. The molecule has 0 aliphatic rings. The third-order valence-corrected chi connectivity index (χ3v) is 1.76. The summed E-state index contributed by atoms with van der Waals surface area (Å²) in [4.78, 5) is 7.93. The van der Waals surface area contributed by atoms with E-state index in [1.165, 1.54) is 12.3 Å². The van der Waals surface area contributed by atoms with Crippen LogP contribution in [0.1, 0.15) is 12.7 Å². The number of aromatic nitrogens is 3. The van der Waals surface area contributed by atoms with Crippen LogP contribution >= 0.6 is 0 Å². The first-order chi connectivity index (χ1) is 6.79. The summed E-state index contributed by atoms with van der Waals surface area (Å²) in [5, 5.41) is 12.9. The fraction of sp³-hybridized carbons (Fsp3) is 0.222. The van der Waals surface area contributed by atoms with E-state index >= 15 is 0 Å². The summed E-state index contributed by atoms with van der Waals surface area (Å²) < 4.78 is 4.98. The molecular formula is C9H9N3O2. The Labute approximate surface area is 80.4 Å². The van der Waals surface area contributed by atoms with Gasteiger partial charge in [-0.15, -0.1) is 0 Å². The van der Waals surface area contributed by atoms with Crippen molar-refractivity contribution in [2.75, 3.05) is 0 Å². The molecule has 2 aromatic rings. The Balaban J connectivity index is 2.39. The third-order valence-electron chi connectivity index (χ3n) is 1.76. The van der Waals surface area contributed by atoms with Gasteiger partial charge in [0, 0.05) is 12.6 Å². The molecule has 0 aliphatic carbocycles. The quantitative estimate of drug-likeness (QED) is 0.776. The average molecular weight is 191 g/mol. The number of rotatable bonds is 2. The lowest BCUT2D eigenvalue weighted by Crippen LogP contribution is -1.83. The van der Waals surface area contributed by atoms with Gasteiger partial charge >= 0.3 is 0 Å². The Hall–Kier alpha value is -1.91. The van der Waals surface area contributed by atoms with E-state index in [2.05, 4.69) is 15.1 Å². The summed E-state index contributed by atoms with van der Waals surface area (Å²) >= 11 is 0. The maximum atomic E-state index is 9.19. The van der Waals surface area contributed by atoms with Crippen molar-refractivity contribution in [3.05, 3.63) is 24.3 Å². The first kappa shape index (κ1) is 8.68. The highest BCUT2D eigenvalue weighted by molar-refractivity contribution is 5.53. The molecule has 14 heavy (non-hydrogen) atoms. The number of aromatic hydroxyl groups is 1. The van der Waals surface area contributed by atoms with Crippen LogP contribution in [-0.2, 0) is 6.42 Å². The molecule has 0 saturated carbocycles. The highest BCUT2D eigenvalue weighted by atomic mass is 16.5. The van der Waals surface area contributed by atoms with Gasteiger partial charge in [-0.2, -0.15) is 4.98 Å².